The zero-order chi connectivity index (χ0) is 13.4. The largest absolute Gasteiger partial charge is 0.383 e. The third kappa shape index (κ3) is 5.29. The van der Waals surface area contributed by atoms with E-state index >= 15 is 0 Å². The third-order valence-electron chi connectivity index (χ3n) is 2.73. The van der Waals surface area contributed by atoms with Crippen LogP contribution >= 0.6 is 0 Å². The lowest BCUT2D eigenvalue weighted by Crippen LogP contribution is -2.35. The molecule has 0 aromatic heterocycles. The smallest absolute Gasteiger partial charge is 0.234 e. The van der Waals surface area contributed by atoms with Gasteiger partial charge in [-0.1, -0.05) is 23.8 Å². The maximum atomic E-state index is 11.4. The van der Waals surface area contributed by atoms with Gasteiger partial charge in [-0.3, -0.25) is 4.79 Å². The molecule has 1 aromatic rings. The standard InChI is InChI=1S/C14H22N2O2/c1-11-4-5-12(2)13(8-11)9-15-10-14(17)16-6-7-18-3/h4-5,8,15H,6-7,9-10H2,1-3H3,(H,16,17). The van der Waals surface area contributed by atoms with Crippen LogP contribution in [-0.2, 0) is 16.1 Å². The molecule has 0 spiro atoms. The number of amides is 1. The van der Waals surface area contributed by atoms with Crippen LogP contribution in [0, 0.1) is 13.8 Å². The molecule has 0 radical (unpaired) electrons. The summed E-state index contributed by atoms with van der Waals surface area (Å²) >= 11 is 0. The fourth-order valence-electron chi connectivity index (χ4n) is 1.66. The van der Waals surface area contributed by atoms with Gasteiger partial charge in [0.05, 0.1) is 13.2 Å². The number of nitrogens with one attached hydrogen (secondary N) is 2. The number of hydrogen-bond donors (Lipinski definition) is 2. The van der Waals surface area contributed by atoms with Gasteiger partial charge in [-0.2, -0.15) is 0 Å². The van der Waals surface area contributed by atoms with Gasteiger partial charge in [0.2, 0.25) is 5.91 Å². The number of rotatable bonds is 7. The number of methoxy groups -OCH3 is 1. The van der Waals surface area contributed by atoms with Gasteiger partial charge < -0.3 is 15.4 Å². The van der Waals surface area contributed by atoms with E-state index in [4.69, 9.17) is 4.74 Å². The monoisotopic (exact) mass is 250 g/mol. The molecule has 0 saturated carbocycles. The second kappa shape index (κ2) is 7.84. The maximum Gasteiger partial charge on any atom is 0.234 e. The summed E-state index contributed by atoms with van der Waals surface area (Å²) in [7, 11) is 1.62. The van der Waals surface area contributed by atoms with E-state index in [0.717, 1.165) is 0 Å². The summed E-state index contributed by atoms with van der Waals surface area (Å²) in [6.07, 6.45) is 0. The van der Waals surface area contributed by atoms with Crippen molar-refractivity contribution >= 4 is 5.91 Å². The molecule has 0 unspecified atom stereocenters. The van der Waals surface area contributed by atoms with E-state index in [0.29, 0.717) is 26.2 Å². The van der Waals surface area contributed by atoms with Gasteiger partial charge in [-0.05, 0) is 25.0 Å². The second-order valence-corrected chi connectivity index (χ2v) is 4.38. The molecule has 18 heavy (non-hydrogen) atoms. The summed E-state index contributed by atoms with van der Waals surface area (Å²) in [5.41, 5.74) is 3.72. The van der Waals surface area contributed by atoms with Gasteiger partial charge in [0.1, 0.15) is 0 Å². The summed E-state index contributed by atoms with van der Waals surface area (Å²) in [6, 6.07) is 6.34. The Morgan fingerprint density at radius 2 is 2.11 bits per heavy atom. The molecule has 1 amide bonds. The van der Waals surface area contributed by atoms with Crippen molar-refractivity contribution in [1.82, 2.24) is 10.6 Å². The molecule has 100 valence electrons. The molecular weight excluding hydrogens is 228 g/mol. The first-order valence-corrected chi connectivity index (χ1v) is 6.16. The molecule has 0 heterocycles. The van der Waals surface area contributed by atoms with Gasteiger partial charge in [-0.15, -0.1) is 0 Å². The lowest BCUT2D eigenvalue weighted by Gasteiger charge is -2.09. The Kier molecular flexibility index (Phi) is 6.39. The SMILES string of the molecule is COCCNC(=O)CNCc1cc(C)ccc1C. The van der Waals surface area contributed by atoms with Crippen LogP contribution < -0.4 is 10.6 Å². The molecule has 1 rings (SSSR count). The Labute approximate surface area is 109 Å². The minimum atomic E-state index is -0.00245. The highest BCUT2D eigenvalue weighted by atomic mass is 16.5. The van der Waals surface area contributed by atoms with E-state index in [9.17, 15) is 4.79 Å². The molecule has 0 aliphatic rings. The van der Waals surface area contributed by atoms with Crippen LogP contribution in [0.2, 0.25) is 0 Å². The number of carbonyl (C=O) groups excluding carboxylic acids is 1. The first-order chi connectivity index (χ1) is 8.63. The molecule has 4 nitrogen and oxygen atoms in total. The average molecular weight is 250 g/mol. The second-order valence-electron chi connectivity index (χ2n) is 4.38. The minimum absolute atomic E-state index is 0.00245. The molecule has 4 heteroatoms. The van der Waals surface area contributed by atoms with E-state index in [1.54, 1.807) is 7.11 Å². The fourth-order valence-corrected chi connectivity index (χ4v) is 1.66. The topological polar surface area (TPSA) is 50.4 Å². The number of hydrogen-bond acceptors (Lipinski definition) is 3. The molecule has 0 atom stereocenters. The van der Waals surface area contributed by atoms with E-state index in [-0.39, 0.29) is 5.91 Å². The van der Waals surface area contributed by atoms with E-state index in [2.05, 4.69) is 42.7 Å². The summed E-state index contributed by atoms with van der Waals surface area (Å²) in [4.78, 5) is 11.4. The van der Waals surface area contributed by atoms with Crippen molar-refractivity contribution in [3.63, 3.8) is 0 Å². The third-order valence-corrected chi connectivity index (χ3v) is 2.73. The van der Waals surface area contributed by atoms with E-state index in [1.807, 2.05) is 0 Å². The minimum Gasteiger partial charge on any atom is -0.383 e. The number of ether oxygens (including phenoxy) is 1. The van der Waals surface area contributed by atoms with Crippen molar-refractivity contribution < 1.29 is 9.53 Å². The van der Waals surface area contributed by atoms with Crippen molar-refractivity contribution in [3.8, 4) is 0 Å². The Hall–Kier alpha value is -1.39. The van der Waals surface area contributed by atoms with Gasteiger partial charge in [0.15, 0.2) is 0 Å². The Balaban J connectivity index is 2.28. The van der Waals surface area contributed by atoms with Crippen LogP contribution in [0.25, 0.3) is 0 Å². The Morgan fingerprint density at radius 1 is 1.33 bits per heavy atom. The lowest BCUT2D eigenvalue weighted by molar-refractivity contribution is -0.120. The van der Waals surface area contributed by atoms with Gasteiger partial charge in [-0.25, -0.2) is 0 Å². The number of benzene rings is 1. The van der Waals surface area contributed by atoms with Gasteiger partial charge >= 0.3 is 0 Å². The highest BCUT2D eigenvalue weighted by Gasteiger charge is 2.02. The predicted molar refractivity (Wildman–Crippen MR) is 72.5 cm³/mol. The normalized spacial score (nSPS) is 10.4. The van der Waals surface area contributed by atoms with Crippen molar-refractivity contribution in [1.29, 1.82) is 0 Å². The Bertz CT molecular complexity index is 391. The van der Waals surface area contributed by atoms with Crippen LogP contribution in [0.5, 0.6) is 0 Å². The van der Waals surface area contributed by atoms with Gasteiger partial charge in [0.25, 0.3) is 0 Å². The molecule has 0 fully saturated rings. The zero-order valence-electron chi connectivity index (χ0n) is 11.4. The van der Waals surface area contributed by atoms with Crippen molar-refractivity contribution in [2.75, 3.05) is 26.8 Å². The summed E-state index contributed by atoms with van der Waals surface area (Å²) < 4.78 is 4.86. The van der Waals surface area contributed by atoms with Crippen LogP contribution in [0.3, 0.4) is 0 Å². The highest BCUT2D eigenvalue weighted by Crippen LogP contribution is 2.09. The molecule has 0 bridgehead atoms. The van der Waals surface area contributed by atoms with Crippen LogP contribution in [0.4, 0.5) is 0 Å². The molecule has 2 N–H and O–H groups in total. The lowest BCUT2D eigenvalue weighted by atomic mass is 10.1. The summed E-state index contributed by atoms with van der Waals surface area (Å²) in [6.45, 7) is 6.29. The van der Waals surface area contributed by atoms with Crippen molar-refractivity contribution in [2.24, 2.45) is 0 Å². The molecule has 0 aliphatic heterocycles. The molecule has 0 aliphatic carbocycles. The summed E-state index contributed by atoms with van der Waals surface area (Å²) in [5.74, 6) is -0.00245. The van der Waals surface area contributed by atoms with Crippen LogP contribution in [-0.4, -0.2) is 32.7 Å². The summed E-state index contributed by atoms with van der Waals surface area (Å²) in [5, 5.41) is 5.91. The quantitative estimate of drug-likeness (QED) is 0.714. The molecular formula is C14H22N2O2. The first kappa shape index (κ1) is 14.7. The first-order valence-electron chi connectivity index (χ1n) is 6.16. The highest BCUT2D eigenvalue weighted by molar-refractivity contribution is 5.77. The molecule has 0 saturated heterocycles. The predicted octanol–water partition coefficient (Wildman–Crippen LogP) is 1.16. The van der Waals surface area contributed by atoms with Crippen LogP contribution in [0.15, 0.2) is 18.2 Å². The average Bonchev–Trinajstić information content (AvgIpc) is 2.34. The molecule has 1 aromatic carbocycles. The number of aryl methyl sites for hydroxylation is 2. The van der Waals surface area contributed by atoms with Crippen molar-refractivity contribution in [3.05, 3.63) is 34.9 Å². The fraction of sp³-hybridized carbons (Fsp3) is 0.500. The van der Waals surface area contributed by atoms with Crippen molar-refractivity contribution in [2.45, 2.75) is 20.4 Å². The van der Waals surface area contributed by atoms with Gasteiger partial charge in [0, 0.05) is 20.2 Å². The van der Waals surface area contributed by atoms with Crippen LogP contribution in [0.1, 0.15) is 16.7 Å². The zero-order valence-corrected chi connectivity index (χ0v) is 11.4. The van der Waals surface area contributed by atoms with E-state index < -0.39 is 0 Å². The number of carbonyl (C=O) groups is 1. The van der Waals surface area contributed by atoms with E-state index in [1.165, 1.54) is 16.7 Å². The Morgan fingerprint density at radius 3 is 2.83 bits per heavy atom. The maximum absolute atomic E-state index is 11.4.